The van der Waals surface area contributed by atoms with Gasteiger partial charge in [-0.05, 0) is 56.5 Å². The highest BCUT2D eigenvalue weighted by atomic mass is 35.5. The second-order valence-electron chi connectivity index (χ2n) is 7.28. The summed E-state index contributed by atoms with van der Waals surface area (Å²) in [5, 5.41) is 4.89. The molecule has 0 fully saturated rings. The molecule has 0 bridgehead atoms. The molecule has 0 aliphatic carbocycles. The van der Waals surface area contributed by atoms with Crippen LogP contribution in [-0.2, 0) is 10.5 Å². The molecular weight excluding hydrogens is 414 g/mol. The number of hydrazone groups is 1. The van der Waals surface area contributed by atoms with Gasteiger partial charge in [-0.15, -0.1) is 11.8 Å². The van der Waals surface area contributed by atoms with E-state index < -0.39 is 0 Å². The summed E-state index contributed by atoms with van der Waals surface area (Å²) in [6.07, 6.45) is 1.71. The number of para-hydroxylation sites is 1. The molecular formula is C24H26ClN3OS. The zero-order valence-corrected chi connectivity index (χ0v) is 19.3. The van der Waals surface area contributed by atoms with Crippen molar-refractivity contribution in [3.05, 3.63) is 87.2 Å². The molecule has 0 saturated carbocycles. The quantitative estimate of drug-likeness (QED) is 0.376. The molecule has 6 heteroatoms. The monoisotopic (exact) mass is 439 g/mol. The van der Waals surface area contributed by atoms with E-state index in [1.54, 1.807) is 6.21 Å². The molecule has 3 aromatic rings. The number of benzene rings is 2. The van der Waals surface area contributed by atoms with Gasteiger partial charge >= 0.3 is 0 Å². The van der Waals surface area contributed by atoms with Gasteiger partial charge in [-0.2, -0.15) is 5.10 Å². The van der Waals surface area contributed by atoms with Crippen molar-refractivity contribution in [3.63, 3.8) is 0 Å². The van der Waals surface area contributed by atoms with Crippen molar-refractivity contribution in [1.29, 1.82) is 0 Å². The van der Waals surface area contributed by atoms with Gasteiger partial charge in [-0.25, -0.2) is 5.43 Å². The van der Waals surface area contributed by atoms with Crippen LogP contribution < -0.4 is 5.43 Å². The van der Waals surface area contributed by atoms with Gasteiger partial charge in [0.15, 0.2) is 0 Å². The van der Waals surface area contributed by atoms with Crippen LogP contribution in [0.2, 0.25) is 5.02 Å². The number of halogens is 1. The lowest BCUT2D eigenvalue weighted by molar-refractivity contribution is -0.118. The van der Waals surface area contributed by atoms with E-state index in [9.17, 15) is 4.79 Å². The van der Waals surface area contributed by atoms with Crippen LogP contribution in [0.15, 0.2) is 53.6 Å². The average molecular weight is 440 g/mol. The predicted octanol–water partition coefficient (Wildman–Crippen LogP) is 5.75. The van der Waals surface area contributed by atoms with E-state index in [1.807, 2.05) is 24.3 Å². The van der Waals surface area contributed by atoms with Crippen LogP contribution in [0.5, 0.6) is 0 Å². The van der Waals surface area contributed by atoms with Crippen molar-refractivity contribution in [3.8, 4) is 5.69 Å². The third kappa shape index (κ3) is 5.15. The summed E-state index contributed by atoms with van der Waals surface area (Å²) in [6, 6.07) is 16.1. The van der Waals surface area contributed by atoms with Crippen molar-refractivity contribution in [2.45, 2.75) is 33.4 Å². The van der Waals surface area contributed by atoms with Gasteiger partial charge in [0.25, 0.3) is 0 Å². The Hall–Kier alpha value is -2.50. The fourth-order valence-corrected chi connectivity index (χ4v) is 4.60. The Morgan fingerprint density at radius 1 is 1.10 bits per heavy atom. The lowest BCUT2D eigenvalue weighted by Crippen LogP contribution is -2.19. The number of carbonyl (C=O) groups excluding carboxylic acids is 1. The molecule has 0 radical (unpaired) electrons. The van der Waals surface area contributed by atoms with Crippen LogP contribution in [0.25, 0.3) is 5.69 Å². The number of amides is 1. The molecule has 4 nitrogen and oxygen atoms in total. The Balaban J connectivity index is 1.62. The standard InChI is InChI=1S/C24H26ClN3OS/c1-16-8-7-9-17(2)24(16)28-18(3)12-21(19(28)4)13-26-27-23(29)15-30-14-20-10-5-6-11-22(20)25/h5-13H,14-15H2,1-4H3,(H,27,29)/b26-13+. The number of aryl methyl sites for hydroxylation is 3. The number of carbonyl (C=O) groups is 1. The second-order valence-corrected chi connectivity index (χ2v) is 8.67. The Bertz CT molecular complexity index is 1070. The maximum absolute atomic E-state index is 12.1. The number of rotatable bonds is 7. The number of aromatic nitrogens is 1. The van der Waals surface area contributed by atoms with Crippen LogP contribution in [0, 0.1) is 27.7 Å². The predicted molar refractivity (Wildman–Crippen MR) is 128 cm³/mol. The van der Waals surface area contributed by atoms with E-state index in [4.69, 9.17) is 11.6 Å². The minimum Gasteiger partial charge on any atom is -0.317 e. The van der Waals surface area contributed by atoms with Crippen LogP contribution in [0.3, 0.4) is 0 Å². The Labute approximate surface area is 187 Å². The van der Waals surface area contributed by atoms with E-state index >= 15 is 0 Å². The van der Waals surface area contributed by atoms with Gasteiger partial charge in [-0.3, -0.25) is 4.79 Å². The number of nitrogens with one attached hydrogen (secondary N) is 1. The van der Waals surface area contributed by atoms with Gasteiger partial charge < -0.3 is 4.57 Å². The minimum atomic E-state index is -0.133. The molecule has 0 saturated heterocycles. The summed E-state index contributed by atoms with van der Waals surface area (Å²) in [7, 11) is 0. The van der Waals surface area contributed by atoms with Crippen molar-refractivity contribution in [2.24, 2.45) is 5.10 Å². The summed E-state index contributed by atoms with van der Waals surface area (Å²) < 4.78 is 2.24. The first-order valence-corrected chi connectivity index (χ1v) is 11.3. The third-order valence-electron chi connectivity index (χ3n) is 4.97. The first kappa shape index (κ1) is 22.2. The van der Waals surface area contributed by atoms with Crippen LogP contribution in [-0.4, -0.2) is 22.4 Å². The van der Waals surface area contributed by atoms with E-state index in [0.717, 1.165) is 27.5 Å². The molecule has 0 spiro atoms. The van der Waals surface area contributed by atoms with Crippen LogP contribution >= 0.6 is 23.4 Å². The Morgan fingerprint density at radius 3 is 2.50 bits per heavy atom. The second kappa shape index (κ2) is 10.0. The van der Waals surface area contributed by atoms with Gasteiger partial charge in [0, 0.05) is 27.7 Å². The number of hydrogen-bond acceptors (Lipinski definition) is 3. The molecule has 0 atom stereocenters. The van der Waals surface area contributed by atoms with Crippen LogP contribution in [0.4, 0.5) is 0 Å². The molecule has 0 aliphatic rings. The summed E-state index contributed by atoms with van der Waals surface area (Å²) in [6.45, 7) is 8.40. The molecule has 0 unspecified atom stereocenters. The van der Waals surface area contributed by atoms with Crippen molar-refractivity contribution >= 4 is 35.5 Å². The van der Waals surface area contributed by atoms with Gasteiger partial charge in [-0.1, -0.05) is 48.0 Å². The molecule has 1 aromatic heterocycles. The third-order valence-corrected chi connectivity index (χ3v) is 6.32. The van der Waals surface area contributed by atoms with Crippen molar-refractivity contribution < 1.29 is 4.79 Å². The summed E-state index contributed by atoms with van der Waals surface area (Å²) in [5.74, 6) is 0.879. The number of nitrogens with zero attached hydrogens (tertiary/aromatic N) is 2. The van der Waals surface area contributed by atoms with E-state index in [-0.39, 0.29) is 5.91 Å². The molecule has 3 rings (SSSR count). The topological polar surface area (TPSA) is 46.4 Å². The zero-order chi connectivity index (χ0) is 21.7. The van der Waals surface area contributed by atoms with Crippen molar-refractivity contribution in [1.82, 2.24) is 9.99 Å². The highest BCUT2D eigenvalue weighted by molar-refractivity contribution is 7.99. The molecule has 0 aliphatic heterocycles. The maximum atomic E-state index is 12.1. The lowest BCUT2D eigenvalue weighted by atomic mass is 10.1. The fraction of sp³-hybridized carbons (Fsp3) is 0.250. The minimum absolute atomic E-state index is 0.133. The summed E-state index contributed by atoms with van der Waals surface area (Å²) >= 11 is 7.66. The van der Waals surface area contributed by atoms with E-state index in [0.29, 0.717) is 11.5 Å². The van der Waals surface area contributed by atoms with Gasteiger partial charge in [0.1, 0.15) is 0 Å². The maximum Gasteiger partial charge on any atom is 0.250 e. The normalized spacial score (nSPS) is 11.2. The van der Waals surface area contributed by atoms with E-state index in [1.165, 1.54) is 28.6 Å². The molecule has 1 heterocycles. The summed E-state index contributed by atoms with van der Waals surface area (Å²) in [5.41, 5.74) is 10.5. The highest BCUT2D eigenvalue weighted by Crippen LogP contribution is 2.25. The van der Waals surface area contributed by atoms with Gasteiger partial charge in [0.2, 0.25) is 5.91 Å². The number of hydrogen-bond donors (Lipinski definition) is 1. The Kier molecular flexibility index (Phi) is 7.40. The van der Waals surface area contributed by atoms with E-state index in [2.05, 4.69) is 67.1 Å². The highest BCUT2D eigenvalue weighted by Gasteiger charge is 2.13. The number of thioether (sulfide) groups is 1. The van der Waals surface area contributed by atoms with Crippen LogP contribution in [0.1, 0.15) is 33.6 Å². The summed E-state index contributed by atoms with van der Waals surface area (Å²) in [4.78, 5) is 12.1. The first-order valence-electron chi connectivity index (χ1n) is 9.77. The van der Waals surface area contributed by atoms with Gasteiger partial charge in [0.05, 0.1) is 17.7 Å². The average Bonchev–Trinajstić information content (AvgIpc) is 2.97. The molecule has 1 amide bonds. The zero-order valence-electron chi connectivity index (χ0n) is 17.7. The largest absolute Gasteiger partial charge is 0.317 e. The lowest BCUT2D eigenvalue weighted by Gasteiger charge is -2.15. The SMILES string of the molecule is Cc1cccc(C)c1-n1c(C)cc(/C=N/NC(=O)CSCc2ccccc2Cl)c1C. The molecule has 2 aromatic carbocycles. The smallest absolute Gasteiger partial charge is 0.250 e. The Morgan fingerprint density at radius 2 is 1.80 bits per heavy atom. The molecule has 30 heavy (non-hydrogen) atoms. The molecule has 156 valence electrons. The first-order chi connectivity index (χ1) is 14.4. The molecule has 1 N–H and O–H groups in total. The van der Waals surface area contributed by atoms with Crippen molar-refractivity contribution in [2.75, 3.05) is 5.75 Å². The fourth-order valence-electron chi connectivity index (χ4n) is 3.50.